The number of rotatable bonds is 5. The van der Waals surface area contributed by atoms with Crippen LogP contribution in [0.15, 0.2) is 36.0 Å². The minimum atomic E-state index is -0.935. The molecule has 1 heterocycles. The van der Waals surface area contributed by atoms with Gasteiger partial charge in [-0.15, -0.1) is 0 Å². The van der Waals surface area contributed by atoms with Gasteiger partial charge in [-0.1, -0.05) is 19.2 Å². The number of carboxylic acids is 3. The van der Waals surface area contributed by atoms with Crippen molar-refractivity contribution in [2.45, 2.75) is 33.3 Å². The number of carbonyl (C=O) groups is 3. The van der Waals surface area contributed by atoms with Crippen LogP contribution in [0.3, 0.4) is 0 Å². The van der Waals surface area contributed by atoms with Crippen LogP contribution in [-0.4, -0.2) is 45.9 Å². The largest absolute Gasteiger partial charge is 0.478 e. The average Bonchev–Trinajstić information content (AvgIpc) is 3.20. The Bertz CT molecular complexity index is 422. The highest BCUT2D eigenvalue weighted by Gasteiger charge is 2.20. The summed E-state index contributed by atoms with van der Waals surface area (Å²) >= 11 is 0. The molecule has 7 nitrogen and oxygen atoms in total. The summed E-state index contributed by atoms with van der Waals surface area (Å²) in [6, 6.07) is 0. The molecular weight excluding hydrogens is 292 g/mol. The molecule has 3 N–H and O–H groups in total. The lowest BCUT2D eigenvalue weighted by Crippen LogP contribution is -1.96. The molecule has 1 aliphatic heterocycles. The van der Waals surface area contributed by atoms with Crippen molar-refractivity contribution < 1.29 is 34.4 Å². The van der Waals surface area contributed by atoms with Gasteiger partial charge in [0.25, 0.3) is 0 Å². The number of ether oxygens (including phenoxy) is 1. The molecule has 124 valence electrons. The summed E-state index contributed by atoms with van der Waals surface area (Å²) in [4.78, 5) is 29.4. The van der Waals surface area contributed by atoms with E-state index in [0.717, 1.165) is 13.0 Å². The van der Waals surface area contributed by atoms with Gasteiger partial charge in [0.05, 0.1) is 12.7 Å². The van der Waals surface area contributed by atoms with E-state index in [1.54, 1.807) is 13.0 Å². The molecule has 0 aromatic rings. The molecule has 0 bridgehead atoms. The van der Waals surface area contributed by atoms with E-state index in [0.29, 0.717) is 5.57 Å². The summed E-state index contributed by atoms with van der Waals surface area (Å²) in [5.41, 5.74) is 0.750. The van der Waals surface area contributed by atoms with E-state index in [4.69, 9.17) is 20.1 Å². The van der Waals surface area contributed by atoms with Gasteiger partial charge >= 0.3 is 17.9 Å². The van der Waals surface area contributed by atoms with Gasteiger partial charge in [0, 0.05) is 16.7 Å². The van der Waals surface area contributed by atoms with Crippen LogP contribution in [0.5, 0.6) is 0 Å². The van der Waals surface area contributed by atoms with Crippen LogP contribution in [0.2, 0.25) is 0 Å². The van der Waals surface area contributed by atoms with Crippen LogP contribution in [0, 0.1) is 0 Å². The number of carboxylic acid groups (broad SMARTS) is 3. The summed E-state index contributed by atoms with van der Waals surface area (Å²) in [7, 11) is 0. The molecule has 1 saturated heterocycles. The molecule has 1 unspecified atom stereocenters. The molecule has 0 radical (unpaired) electrons. The van der Waals surface area contributed by atoms with E-state index in [2.05, 4.69) is 13.2 Å². The van der Waals surface area contributed by atoms with Crippen LogP contribution < -0.4 is 0 Å². The molecule has 0 aromatic heterocycles. The normalized spacial score (nSPS) is 15.2. The van der Waals surface area contributed by atoms with Crippen LogP contribution in [0.1, 0.15) is 27.2 Å². The Balaban J connectivity index is 0. The van der Waals surface area contributed by atoms with Crippen LogP contribution >= 0.6 is 0 Å². The van der Waals surface area contributed by atoms with Gasteiger partial charge < -0.3 is 20.1 Å². The topological polar surface area (TPSA) is 124 Å². The predicted octanol–water partition coefficient (Wildman–Crippen LogP) is 2.10. The van der Waals surface area contributed by atoms with Crippen molar-refractivity contribution in [2.75, 3.05) is 6.61 Å². The standard InChI is InChI=1S/C7H10O3.2C4H6O2/c1-5(7(8)9)2-3-6-4-10-6;2*1-3(2)4(5)6/h2,6H,3-4H2,1H3,(H,8,9);2*1H2,2H3,(H,5,6). The Morgan fingerprint density at radius 3 is 1.50 bits per heavy atom. The van der Waals surface area contributed by atoms with Crippen molar-refractivity contribution in [3.05, 3.63) is 36.0 Å². The predicted molar refractivity (Wildman–Crippen MR) is 80.6 cm³/mol. The highest BCUT2D eigenvalue weighted by atomic mass is 16.6. The SMILES string of the molecule is C=C(C)C(=O)O.C=C(C)C(=O)O.CC(=CCC1CO1)C(=O)O. The van der Waals surface area contributed by atoms with Crippen LogP contribution in [0.25, 0.3) is 0 Å². The van der Waals surface area contributed by atoms with Gasteiger partial charge in [-0.25, -0.2) is 14.4 Å². The molecule has 7 heteroatoms. The fraction of sp³-hybridized carbons (Fsp3) is 0.400. The van der Waals surface area contributed by atoms with Gasteiger partial charge in [-0.3, -0.25) is 0 Å². The molecule has 1 aliphatic rings. The summed E-state index contributed by atoms with van der Waals surface area (Å²) in [6.07, 6.45) is 2.72. The van der Waals surface area contributed by atoms with Gasteiger partial charge in [0.2, 0.25) is 0 Å². The van der Waals surface area contributed by atoms with Gasteiger partial charge in [0.15, 0.2) is 0 Å². The zero-order valence-corrected chi connectivity index (χ0v) is 13.0. The molecule has 0 spiro atoms. The molecule has 1 rings (SSSR count). The van der Waals surface area contributed by atoms with Gasteiger partial charge in [0.1, 0.15) is 0 Å². The minimum Gasteiger partial charge on any atom is -0.478 e. The van der Waals surface area contributed by atoms with E-state index in [1.165, 1.54) is 13.8 Å². The first-order chi connectivity index (χ1) is 9.98. The van der Waals surface area contributed by atoms with Crippen molar-refractivity contribution in [1.82, 2.24) is 0 Å². The quantitative estimate of drug-likeness (QED) is 0.524. The summed E-state index contributed by atoms with van der Waals surface area (Å²) < 4.78 is 4.90. The maximum absolute atomic E-state index is 10.2. The highest BCUT2D eigenvalue weighted by Crippen LogP contribution is 2.14. The molecular formula is C15H22O7. The lowest BCUT2D eigenvalue weighted by Gasteiger charge is -1.89. The van der Waals surface area contributed by atoms with E-state index in [-0.39, 0.29) is 17.3 Å². The third-order valence-electron chi connectivity index (χ3n) is 2.16. The van der Waals surface area contributed by atoms with Crippen LogP contribution in [-0.2, 0) is 19.1 Å². The van der Waals surface area contributed by atoms with E-state index >= 15 is 0 Å². The minimum absolute atomic E-state index is 0.176. The Morgan fingerprint density at radius 1 is 1.00 bits per heavy atom. The zero-order valence-electron chi connectivity index (χ0n) is 13.0. The van der Waals surface area contributed by atoms with Gasteiger partial charge in [-0.2, -0.15) is 0 Å². The van der Waals surface area contributed by atoms with E-state index < -0.39 is 17.9 Å². The number of hydrogen-bond donors (Lipinski definition) is 3. The molecule has 0 amide bonds. The maximum Gasteiger partial charge on any atom is 0.330 e. The Hall–Kier alpha value is -2.41. The third kappa shape index (κ3) is 15.6. The number of epoxide rings is 1. The van der Waals surface area contributed by atoms with Crippen LogP contribution in [0.4, 0.5) is 0 Å². The third-order valence-corrected chi connectivity index (χ3v) is 2.16. The lowest BCUT2D eigenvalue weighted by molar-refractivity contribution is -0.133. The zero-order chi connectivity index (χ0) is 17.9. The summed E-state index contributed by atoms with van der Waals surface area (Å²) in [5.74, 6) is -2.72. The number of aliphatic carboxylic acids is 3. The smallest absolute Gasteiger partial charge is 0.330 e. The van der Waals surface area contributed by atoms with E-state index in [9.17, 15) is 14.4 Å². The van der Waals surface area contributed by atoms with E-state index in [1.807, 2.05) is 0 Å². The number of hydrogen-bond acceptors (Lipinski definition) is 4. The molecule has 0 aliphatic carbocycles. The Labute approximate surface area is 129 Å². The van der Waals surface area contributed by atoms with Crippen molar-refractivity contribution in [3.8, 4) is 0 Å². The lowest BCUT2D eigenvalue weighted by atomic mass is 10.2. The van der Waals surface area contributed by atoms with Gasteiger partial charge in [-0.05, 0) is 27.2 Å². The summed E-state index contributed by atoms with van der Waals surface area (Å²) in [5, 5.41) is 24.2. The molecule has 0 aromatic carbocycles. The Kier molecular flexibility index (Phi) is 11.2. The second-order valence-corrected chi connectivity index (χ2v) is 4.55. The van der Waals surface area contributed by atoms with Crippen molar-refractivity contribution in [3.63, 3.8) is 0 Å². The van der Waals surface area contributed by atoms with Crippen molar-refractivity contribution in [1.29, 1.82) is 0 Å². The second-order valence-electron chi connectivity index (χ2n) is 4.55. The highest BCUT2D eigenvalue weighted by molar-refractivity contribution is 5.86. The fourth-order valence-electron chi connectivity index (χ4n) is 0.600. The molecule has 22 heavy (non-hydrogen) atoms. The first kappa shape index (κ1) is 21.9. The summed E-state index contributed by atoms with van der Waals surface area (Å²) in [6.45, 7) is 11.6. The molecule has 1 atom stereocenters. The van der Waals surface area contributed by atoms with Crippen molar-refractivity contribution >= 4 is 17.9 Å². The Morgan fingerprint density at radius 2 is 1.32 bits per heavy atom. The average molecular weight is 314 g/mol. The fourth-order valence-corrected chi connectivity index (χ4v) is 0.600. The first-order valence-corrected chi connectivity index (χ1v) is 6.28. The molecule has 0 saturated carbocycles. The second kappa shape index (κ2) is 11.3. The van der Waals surface area contributed by atoms with Crippen molar-refractivity contribution in [2.24, 2.45) is 0 Å². The molecule has 1 fully saturated rings. The monoisotopic (exact) mass is 314 g/mol. The maximum atomic E-state index is 10.2. The first-order valence-electron chi connectivity index (χ1n) is 6.28.